The van der Waals surface area contributed by atoms with Crippen molar-refractivity contribution in [3.8, 4) is 0 Å². The van der Waals surface area contributed by atoms with E-state index in [2.05, 4.69) is 41.0 Å². The van der Waals surface area contributed by atoms with Gasteiger partial charge in [-0.25, -0.2) is 9.35 Å². The maximum atomic E-state index is 12.6. The third-order valence-electron chi connectivity index (χ3n) is 5.73. The number of hydrogen-bond acceptors (Lipinski definition) is 8. The number of fused-ring (bicyclic) bond motifs is 6. The summed E-state index contributed by atoms with van der Waals surface area (Å²) in [6, 6.07) is 11.4. The second-order valence-electron chi connectivity index (χ2n) is 7.84. The Hall–Kier alpha value is -4.74. The van der Waals surface area contributed by atoms with Crippen molar-refractivity contribution in [1.82, 2.24) is 29.7 Å². The van der Waals surface area contributed by atoms with Crippen LogP contribution < -0.4 is 20.7 Å². The Morgan fingerprint density at radius 3 is 1.52 bits per heavy atom. The molecule has 0 saturated heterocycles. The average molecular weight is 442 g/mol. The van der Waals surface area contributed by atoms with Gasteiger partial charge in [0, 0.05) is 35.6 Å². The maximum absolute atomic E-state index is 12.6. The van der Waals surface area contributed by atoms with Crippen molar-refractivity contribution in [2.75, 3.05) is 27.3 Å². The fourth-order valence-electron chi connectivity index (χ4n) is 4.24. The molecule has 2 aliphatic heterocycles. The summed E-state index contributed by atoms with van der Waals surface area (Å²) in [5.41, 5.74) is 10.9. The van der Waals surface area contributed by atoms with Crippen molar-refractivity contribution in [3.63, 3.8) is 0 Å². The van der Waals surface area contributed by atoms with Crippen molar-refractivity contribution in [2.24, 2.45) is 0 Å². The Morgan fingerprint density at radius 2 is 1.09 bits per heavy atom. The Labute approximate surface area is 187 Å². The highest BCUT2D eigenvalue weighted by molar-refractivity contribution is 6.01. The fourth-order valence-corrected chi connectivity index (χ4v) is 4.24. The summed E-state index contributed by atoms with van der Waals surface area (Å²) < 4.78 is 2.83. The standard InChI is InChI=1S/C21H18N10O2/c32-20(26-30-9-22-23-10-30)14-1-3-18-16(5-14)7-29-13-28(18)8-17-6-15(2-4-19(17)29)21(33)27-31-11-24-25-12-31/h1-6,9-12H,7-8,13H2,(H,26,32)(H,27,33). The zero-order valence-electron chi connectivity index (χ0n) is 17.3. The van der Waals surface area contributed by atoms with Gasteiger partial charge >= 0.3 is 0 Å². The molecule has 12 heteroatoms. The molecule has 0 saturated carbocycles. The number of hydrogen-bond donors (Lipinski definition) is 2. The quantitative estimate of drug-likeness (QED) is 0.478. The Bertz CT molecular complexity index is 1250. The molecule has 2 aromatic heterocycles. The summed E-state index contributed by atoms with van der Waals surface area (Å²) in [6.45, 7) is 2.08. The summed E-state index contributed by atoms with van der Waals surface area (Å²) in [5.74, 6) is -0.468. The first-order valence-corrected chi connectivity index (χ1v) is 10.2. The SMILES string of the molecule is O=C(Nn1cnnc1)c1ccc2c(c1)CN1CN2Cc2cc(C(=O)Nn3cnnc3)ccc21. The van der Waals surface area contributed by atoms with Crippen LogP contribution in [0.25, 0.3) is 0 Å². The minimum absolute atomic E-state index is 0.234. The number of amides is 2. The lowest BCUT2D eigenvalue weighted by atomic mass is 9.98. The van der Waals surface area contributed by atoms with Crippen LogP contribution in [-0.2, 0) is 13.1 Å². The third-order valence-corrected chi connectivity index (χ3v) is 5.73. The van der Waals surface area contributed by atoms with Crippen molar-refractivity contribution < 1.29 is 9.59 Å². The van der Waals surface area contributed by atoms with Crippen LogP contribution in [0, 0.1) is 0 Å². The largest absolute Gasteiger partial charge is 0.349 e. The monoisotopic (exact) mass is 442 g/mol. The van der Waals surface area contributed by atoms with E-state index in [4.69, 9.17) is 0 Å². The van der Waals surface area contributed by atoms with Gasteiger partial charge in [0.05, 0.1) is 6.67 Å². The Balaban J connectivity index is 1.24. The number of rotatable bonds is 4. The summed E-state index contributed by atoms with van der Waals surface area (Å²) in [6.07, 6.45) is 5.71. The number of nitrogens with one attached hydrogen (secondary N) is 2. The molecule has 2 amide bonds. The minimum Gasteiger partial charge on any atom is -0.349 e. The van der Waals surface area contributed by atoms with E-state index in [0.717, 1.165) is 29.2 Å². The minimum atomic E-state index is -0.234. The van der Waals surface area contributed by atoms with Gasteiger partial charge in [0.2, 0.25) is 0 Å². The molecule has 0 fully saturated rings. The molecule has 0 aliphatic carbocycles. The van der Waals surface area contributed by atoms with E-state index in [9.17, 15) is 9.59 Å². The lowest BCUT2D eigenvalue weighted by Crippen LogP contribution is -2.46. The molecule has 33 heavy (non-hydrogen) atoms. The molecular weight excluding hydrogens is 424 g/mol. The van der Waals surface area contributed by atoms with Gasteiger partial charge in [-0.05, 0) is 47.5 Å². The van der Waals surface area contributed by atoms with Crippen LogP contribution in [0.3, 0.4) is 0 Å². The maximum Gasteiger partial charge on any atom is 0.270 e. The molecular formula is C21H18N10O2. The number of carbonyl (C=O) groups excluding carboxylic acids is 2. The van der Waals surface area contributed by atoms with Crippen molar-refractivity contribution >= 4 is 23.2 Å². The van der Waals surface area contributed by atoms with Crippen LogP contribution in [0.4, 0.5) is 11.4 Å². The molecule has 2 aromatic carbocycles. The fraction of sp³-hybridized carbons (Fsp3) is 0.143. The Kier molecular flexibility index (Phi) is 4.28. The summed E-state index contributed by atoms with van der Waals surface area (Å²) in [7, 11) is 0. The molecule has 164 valence electrons. The molecule has 2 N–H and O–H groups in total. The van der Waals surface area contributed by atoms with Crippen LogP contribution >= 0.6 is 0 Å². The summed E-state index contributed by atoms with van der Waals surface area (Å²) in [4.78, 5) is 29.7. The molecule has 12 nitrogen and oxygen atoms in total. The smallest absolute Gasteiger partial charge is 0.270 e. The van der Waals surface area contributed by atoms with Gasteiger partial charge in [-0.2, -0.15) is 0 Å². The van der Waals surface area contributed by atoms with Crippen molar-refractivity contribution in [3.05, 3.63) is 84.0 Å². The Morgan fingerprint density at radius 1 is 0.667 bits per heavy atom. The van der Waals surface area contributed by atoms with Crippen molar-refractivity contribution in [2.45, 2.75) is 13.1 Å². The number of benzene rings is 2. The summed E-state index contributed by atoms with van der Waals surface area (Å²) >= 11 is 0. The number of aromatic nitrogens is 6. The van der Waals surface area contributed by atoms with Gasteiger partial charge in [-0.1, -0.05) is 0 Å². The lowest BCUT2D eigenvalue weighted by molar-refractivity contribution is 0.0999. The van der Waals surface area contributed by atoms with Crippen LogP contribution in [0.15, 0.2) is 61.7 Å². The normalized spacial score (nSPS) is 13.8. The highest BCUT2D eigenvalue weighted by Crippen LogP contribution is 2.38. The molecule has 6 rings (SSSR count). The van der Waals surface area contributed by atoms with Crippen LogP contribution in [-0.4, -0.2) is 48.2 Å². The van der Waals surface area contributed by atoms with E-state index in [0.29, 0.717) is 24.2 Å². The molecule has 0 spiro atoms. The molecule has 4 heterocycles. The topological polar surface area (TPSA) is 126 Å². The first-order chi connectivity index (χ1) is 16.1. The highest BCUT2D eigenvalue weighted by atomic mass is 16.2. The van der Waals surface area contributed by atoms with Gasteiger partial charge in [-0.15, -0.1) is 20.4 Å². The first kappa shape index (κ1) is 19.0. The van der Waals surface area contributed by atoms with E-state index < -0.39 is 0 Å². The van der Waals surface area contributed by atoms with Crippen LogP contribution in [0.5, 0.6) is 0 Å². The number of nitrogens with zero attached hydrogens (tertiary/aromatic N) is 8. The molecule has 0 unspecified atom stereocenters. The first-order valence-electron chi connectivity index (χ1n) is 10.2. The predicted octanol–water partition coefficient (Wildman–Crippen LogP) is 0.935. The van der Waals surface area contributed by atoms with Gasteiger partial charge in [0.15, 0.2) is 0 Å². The highest BCUT2D eigenvalue weighted by Gasteiger charge is 2.30. The van der Waals surface area contributed by atoms with Crippen LogP contribution in [0.1, 0.15) is 31.8 Å². The molecule has 0 radical (unpaired) electrons. The second kappa shape index (κ2) is 7.44. The van der Waals surface area contributed by atoms with E-state index in [1.54, 1.807) is 0 Å². The van der Waals surface area contributed by atoms with Gasteiger partial charge in [0.1, 0.15) is 25.3 Å². The lowest BCUT2D eigenvalue weighted by Gasteiger charge is -2.45. The van der Waals surface area contributed by atoms with E-state index in [-0.39, 0.29) is 11.8 Å². The van der Waals surface area contributed by atoms with Gasteiger partial charge in [-0.3, -0.25) is 20.4 Å². The number of carbonyl (C=O) groups is 2. The van der Waals surface area contributed by atoms with Gasteiger partial charge in [0.25, 0.3) is 11.8 Å². The molecule has 0 atom stereocenters. The van der Waals surface area contributed by atoms with E-state index in [1.807, 2.05) is 36.4 Å². The van der Waals surface area contributed by atoms with E-state index >= 15 is 0 Å². The zero-order valence-corrected chi connectivity index (χ0v) is 17.3. The summed E-state index contributed by atoms with van der Waals surface area (Å²) in [5, 5.41) is 14.8. The van der Waals surface area contributed by atoms with E-state index in [1.165, 1.54) is 34.7 Å². The van der Waals surface area contributed by atoms with Crippen molar-refractivity contribution in [1.29, 1.82) is 0 Å². The molecule has 4 aromatic rings. The number of anilines is 2. The van der Waals surface area contributed by atoms with Gasteiger partial charge < -0.3 is 9.80 Å². The molecule has 2 aliphatic rings. The average Bonchev–Trinajstić information content (AvgIpc) is 3.53. The van der Waals surface area contributed by atoms with Crippen LogP contribution in [0.2, 0.25) is 0 Å². The molecule has 2 bridgehead atoms. The predicted molar refractivity (Wildman–Crippen MR) is 118 cm³/mol. The third kappa shape index (κ3) is 3.43. The second-order valence-corrected chi connectivity index (χ2v) is 7.84. The zero-order chi connectivity index (χ0) is 22.4.